The molecule has 1 aromatic carbocycles. The number of hydrogen-bond donors (Lipinski definition) is 1. The molecule has 2 aliphatic rings. The predicted octanol–water partition coefficient (Wildman–Crippen LogP) is 3.51. The molecule has 1 aromatic rings. The molecule has 19 heavy (non-hydrogen) atoms. The number of anilines is 2. The summed E-state index contributed by atoms with van der Waals surface area (Å²) in [5.41, 5.74) is 2.96. The van der Waals surface area contributed by atoms with Gasteiger partial charge in [0.1, 0.15) is 5.75 Å². The van der Waals surface area contributed by atoms with E-state index in [9.17, 15) is 0 Å². The third-order valence-corrected chi connectivity index (χ3v) is 4.76. The Balaban J connectivity index is 1.88. The van der Waals surface area contributed by atoms with E-state index in [1.165, 1.54) is 50.0 Å². The lowest BCUT2D eigenvalue weighted by Crippen LogP contribution is -2.40. The molecule has 0 bridgehead atoms. The highest BCUT2D eigenvalue weighted by Crippen LogP contribution is 2.42. The summed E-state index contributed by atoms with van der Waals surface area (Å²) < 4.78 is 5.33. The summed E-state index contributed by atoms with van der Waals surface area (Å²) in [6.07, 6.45) is 6.89. The van der Waals surface area contributed by atoms with Crippen LogP contribution in [0.5, 0.6) is 5.75 Å². The Kier molecular flexibility index (Phi) is 3.29. The smallest absolute Gasteiger partial charge is 0.121 e. The number of methoxy groups -OCH3 is 1. The lowest BCUT2D eigenvalue weighted by atomic mass is 9.74. The van der Waals surface area contributed by atoms with Gasteiger partial charge in [0.15, 0.2) is 0 Å². The first-order chi connectivity index (χ1) is 9.22. The van der Waals surface area contributed by atoms with Crippen LogP contribution >= 0.6 is 0 Å². The number of benzene rings is 1. The maximum absolute atomic E-state index is 5.33. The van der Waals surface area contributed by atoms with Gasteiger partial charge in [0.05, 0.1) is 18.5 Å². The maximum Gasteiger partial charge on any atom is 0.121 e. The minimum Gasteiger partial charge on any atom is -0.497 e. The number of rotatable bonds is 1. The topological polar surface area (TPSA) is 24.5 Å². The van der Waals surface area contributed by atoms with E-state index in [0.717, 1.165) is 12.3 Å². The van der Waals surface area contributed by atoms with Crippen molar-refractivity contribution in [1.29, 1.82) is 0 Å². The van der Waals surface area contributed by atoms with Crippen molar-refractivity contribution in [2.45, 2.75) is 32.1 Å². The number of fused-ring (bicyclic) bond motifs is 1. The zero-order valence-corrected chi connectivity index (χ0v) is 12.0. The largest absolute Gasteiger partial charge is 0.497 e. The third-order valence-electron chi connectivity index (χ3n) is 4.76. The molecular formula is C16H24N2O. The first-order valence-electron chi connectivity index (χ1n) is 7.36. The highest BCUT2D eigenvalue weighted by molar-refractivity contribution is 5.72. The van der Waals surface area contributed by atoms with Gasteiger partial charge in [0.2, 0.25) is 0 Å². The summed E-state index contributed by atoms with van der Waals surface area (Å²) in [7, 11) is 3.94. The van der Waals surface area contributed by atoms with E-state index in [1.54, 1.807) is 7.11 Å². The Bertz CT molecular complexity index is 452. The van der Waals surface area contributed by atoms with Crippen molar-refractivity contribution in [3.8, 4) is 5.75 Å². The van der Waals surface area contributed by atoms with Gasteiger partial charge in [0.25, 0.3) is 0 Å². The van der Waals surface area contributed by atoms with Gasteiger partial charge >= 0.3 is 0 Å². The van der Waals surface area contributed by atoms with E-state index in [4.69, 9.17) is 4.74 Å². The van der Waals surface area contributed by atoms with E-state index in [1.807, 2.05) is 0 Å². The van der Waals surface area contributed by atoms with Gasteiger partial charge in [-0.05, 0) is 25.0 Å². The molecule has 104 valence electrons. The molecular weight excluding hydrogens is 236 g/mol. The molecule has 0 amide bonds. The average molecular weight is 260 g/mol. The van der Waals surface area contributed by atoms with Gasteiger partial charge in [-0.15, -0.1) is 0 Å². The zero-order chi connectivity index (χ0) is 13.3. The van der Waals surface area contributed by atoms with Crippen LogP contribution in [0.4, 0.5) is 11.4 Å². The Morgan fingerprint density at radius 1 is 1.21 bits per heavy atom. The molecule has 3 heteroatoms. The van der Waals surface area contributed by atoms with Crippen LogP contribution in [0.15, 0.2) is 18.2 Å². The minimum absolute atomic E-state index is 0.458. The Labute approximate surface area is 115 Å². The lowest BCUT2D eigenvalue weighted by molar-refractivity contribution is 0.215. The minimum atomic E-state index is 0.458. The third kappa shape index (κ3) is 2.38. The van der Waals surface area contributed by atoms with Crippen molar-refractivity contribution in [1.82, 2.24) is 0 Å². The van der Waals surface area contributed by atoms with Crippen LogP contribution in [-0.2, 0) is 0 Å². The number of nitrogens with zero attached hydrogens (tertiary/aromatic N) is 1. The van der Waals surface area contributed by atoms with Gasteiger partial charge in [-0.2, -0.15) is 0 Å². The van der Waals surface area contributed by atoms with E-state index < -0.39 is 0 Å². The first kappa shape index (κ1) is 12.6. The molecule has 3 nitrogen and oxygen atoms in total. The monoisotopic (exact) mass is 260 g/mol. The highest BCUT2D eigenvalue weighted by Gasteiger charge is 2.35. The van der Waals surface area contributed by atoms with E-state index in [-0.39, 0.29) is 0 Å². The van der Waals surface area contributed by atoms with Gasteiger partial charge in [-0.25, -0.2) is 0 Å². The standard InChI is InChI=1S/C16H24N2O/c1-18-12-16(8-4-3-5-9-16)11-17-14-10-13(19-2)6-7-15(14)18/h6-7,10,17H,3-5,8-9,11-12H2,1-2H3. The molecule has 0 saturated heterocycles. The van der Waals surface area contributed by atoms with Crippen molar-refractivity contribution < 1.29 is 4.74 Å². The normalized spacial score (nSPS) is 21.5. The van der Waals surface area contributed by atoms with Crippen molar-refractivity contribution in [3.05, 3.63) is 18.2 Å². The van der Waals surface area contributed by atoms with Crippen molar-refractivity contribution >= 4 is 11.4 Å². The maximum atomic E-state index is 5.33. The van der Waals surface area contributed by atoms with Crippen LogP contribution in [0.1, 0.15) is 32.1 Å². The molecule has 1 heterocycles. The van der Waals surface area contributed by atoms with E-state index in [2.05, 4.69) is 35.5 Å². The molecule has 1 fully saturated rings. The summed E-state index contributed by atoms with van der Waals surface area (Å²) in [6, 6.07) is 6.34. The molecule has 0 unspecified atom stereocenters. The highest BCUT2D eigenvalue weighted by atomic mass is 16.5. The molecule has 3 rings (SSSR count). The van der Waals surface area contributed by atoms with Crippen LogP contribution in [0.3, 0.4) is 0 Å². The van der Waals surface area contributed by atoms with Crippen molar-refractivity contribution in [2.75, 3.05) is 37.5 Å². The molecule has 1 aliphatic heterocycles. The van der Waals surface area contributed by atoms with Crippen LogP contribution in [-0.4, -0.2) is 27.2 Å². The Morgan fingerprint density at radius 2 is 2.00 bits per heavy atom. The van der Waals surface area contributed by atoms with E-state index in [0.29, 0.717) is 5.41 Å². The van der Waals surface area contributed by atoms with Gasteiger partial charge in [0, 0.05) is 31.6 Å². The second kappa shape index (κ2) is 4.95. The van der Waals surface area contributed by atoms with E-state index >= 15 is 0 Å². The van der Waals surface area contributed by atoms with Crippen LogP contribution in [0.25, 0.3) is 0 Å². The van der Waals surface area contributed by atoms with Crippen molar-refractivity contribution in [2.24, 2.45) is 5.41 Å². The van der Waals surface area contributed by atoms with Gasteiger partial charge < -0.3 is 15.0 Å². The Morgan fingerprint density at radius 3 is 2.74 bits per heavy atom. The molecule has 0 radical (unpaired) electrons. The number of nitrogens with one attached hydrogen (secondary N) is 1. The van der Waals surface area contributed by atoms with Gasteiger partial charge in [-0.3, -0.25) is 0 Å². The molecule has 0 atom stereocenters. The Hall–Kier alpha value is -1.38. The average Bonchev–Trinajstić information content (AvgIpc) is 2.57. The molecule has 1 spiro atoms. The fourth-order valence-electron chi connectivity index (χ4n) is 3.68. The van der Waals surface area contributed by atoms with Crippen molar-refractivity contribution in [3.63, 3.8) is 0 Å². The fraction of sp³-hybridized carbons (Fsp3) is 0.625. The summed E-state index contributed by atoms with van der Waals surface area (Å²) in [4.78, 5) is 2.42. The second-order valence-electron chi connectivity index (χ2n) is 6.15. The summed E-state index contributed by atoms with van der Waals surface area (Å²) >= 11 is 0. The number of hydrogen-bond acceptors (Lipinski definition) is 3. The molecule has 1 aliphatic carbocycles. The molecule has 1 saturated carbocycles. The summed E-state index contributed by atoms with van der Waals surface area (Å²) in [5.74, 6) is 0.930. The summed E-state index contributed by atoms with van der Waals surface area (Å²) in [5, 5.41) is 3.67. The lowest BCUT2D eigenvalue weighted by Gasteiger charge is -2.38. The summed E-state index contributed by atoms with van der Waals surface area (Å²) in [6.45, 7) is 2.26. The fourth-order valence-corrected chi connectivity index (χ4v) is 3.68. The van der Waals surface area contributed by atoms with Gasteiger partial charge in [-0.1, -0.05) is 19.3 Å². The molecule has 1 N–H and O–H groups in total. The number of ether oxygens (including phenoxy) is 1. The predicted molar refractivity (Wildman–Crippen MR) is 80.3 cm³/mol. The first-order valence-corrected chi connectivity index (χ1v) is 7.36. The SMILES string of the molecule is COc1ccc2c(c1)NCC1(CCCCC1)CN2C. The zero-order valence-electron chi connectivity index (χ0n) is 12.0. The second-order valence-corrected chi connectivity index (χ2v) is 6.15. The van der Waals surface area contributed by atoms with Crippen LogP contribution in [0.2, 0.25) is 0 Å². The molecule has 0 aromatic heterocycles. The van der Waals surface area contributed by atoms with Crippen LogP contribution < -0.4 is 15.0 Å². The quantitative estimate of drug-likeness (QED) is 0.836. The van der Waals surface area contributed by atoms with Crippen LogP contribution in [0, 0.1) is 5.41 Å².